The van der Waals surface area contributed by atoms with Crippen LogP contribution >= 0.6 is 0 Å². The fourth-order valence-electron chi connectivity index (χ4n) is 6.56. The Labute approximate surface area is 219 Å². The Balaban J connectivity index is 1.33. The van der Waals surface area contributed by atoms with Gasteiger partial charge in [-0.25, -0.2) is 4.98 Å². The smallest absolute Gasteiger partial charge is 0.318 e. The van der Waals surface area contributed by atoms with Crippen LogP contribution in [0.1, 0.15) is 50.5 Å². The van der Waals surface area contributed by atoms with E-state index in [0.717, 1.165) is 32.2 Å². The van der Waals surface area contributed by atoms with Crippen LogP contribution in [0, 0.1) is 5.92 Å². The summed E-state index contributed by atoms with van der Waals surface area (Å²) < 4.78 is 5.06. The molecule has 200 valence electrons. The van der Waals surface area contributed by atoms with Gasteiger partial charge in [0.15, 0.2) is 6.35 Å². The maximum Gasteiger partial charge on any atom is 0.318 e. The van der Waals surface area contributed by atoms with Crippen LogP contribution in [0.5, 0.6) is 6.01 Å². The van der Waals surface area contributed by atoms with Gasteiger partial charge in [-0.2, -0.15) is 4.98 Å². The van der Waals surface area contributed by atoms with Gasteiger partial charge in [-0.1, -0.05) is 36.8 Å². The van der Waals surface area contributed by atoms with Gasteiger partial charge in [-0.3, -0.25) is 19.5 Å². The highest BCUT2D eigenvalue weighted by Gasteiger charge is 2.55. The molecule has 2 aliphatic carbocycles. The summed E-state index contributed by atoms with van der Waals surface area (Å²) in [4.78, 5) is 27.8. The van der Waals surface area contributed by atoms with Gasteiger partial charge in [0.1, 0.15) is 5.82 Å². The zero-order valence-electron chi connectivity index (χ0n) is 22.3. The number of aromatic nitrogens is 2. The number of methoxy groups -OCH3 is 1. The summed E-state index contributed by atoms with van der Waals surface area (Å²) in [6, 6.07) is 12.7. The normalized spacial score (nSPS) is 28.9. The van der Waals surface area contributed by atoms with Crippen LogP contribution in [-0.4, -0.2) is 88.4 Å². The van der Waals surface area contributed by atoms with Crippen LogP contribution in [-0.2, 0) is 10.3 Å². The van der Waals surface area contributed by atoms with E-state index in [2.05, 4.69) is 69.5 Å². The zero-order chi connectivity index (χ0) is 26.0. The van der Waals surface area contributed by atoms with E-state index < -0.39 is 6.35 Å². The van der Waals surface area contributed by atoms with Crippen molar-refractivity contribution in [2.24, 2.45) is 5.92 Å². The summed E-state index contributed by atoms with van der Waals surface area (Å²) >= 11 is 0. The maximum atomic E-state index is 13.0. The predicted octanol–water partition coefficient (Wildman–Crippen LogP) is 2.89. The van der Waals surface area contributed by atoms with Crippen LogP contribution < -0.4 is 10.1 Å². The van der Waals surface area contributed by atoms with Crippen molar-refractivity contribution in [3.8, 4) is 6.01 Å². The minimum absolute atomic E-state index is 0.0174. The topological polar surface area (TPSA) is 94.1 Å². The van der Waals surface area contributed by atoms with Crippen molar-refractivity contribution >= 4 is 11.7 Å². The molecule has 1 amide bonds. The number of aliphatic hydroxyl groups excluding tert-OH is 1. The van der Waals surface area contributed by atoms with Crippen LogP contribution in [0.4, 0.5) is 5.82 Å². The molecule has 5 rings (SSSR count). The highest BCUT2D eigenvalue weighted by atomic mass is 16.5. The zero-order valence-corrected chi connectivity index (χ0v) is 22.3. The number of aliphatic hydroxyl groups is 1. The number of carbonyl (C=O) groups excluding carboxylic acids is 1. The molecule has 1 unspecified atom stereocenters. The predicted molar refractivity (Wildman–Crippen MR) is 142 cm³/mol. The first kappa shape index (κ1) is 26.0. The van der Waals surface area contributed by atoms with Gasteiger partial charge in [0, 0.05) is 30.4 Å². The molecule has 0 bridgehead atoms. The van der Waals surface area contributed by atoms with Crippen LogP contribution in [0.3, 0.4) is 0 Å². The van der Waals surface area contributed by atoms with E-state index in [9.17, 15) is 9.90 Å². The first-order valence-electron chi connectivity index (χ1n) is 13.4. The molecule has 2 heterocycles. The van der Waals surface area contributed by atoms with Crippen LogP contribution in [0.25, 0.3) is 0 Å². The fraction of sp³-hybridized carbons (Fsp3) is 0.607. The van der Waals surface area contributed by atoms with Crippen molar-refractivity contribution in [2.75, 3.05) is 46.2 Å². The molecule has 3 fully saturated rings. The van der Waals surface area contributed by atoms with Crippen molar-refractivity contribution in [3.63, 3.8) is 0 Å². The minimum atomic E-state index is -0.769. The second-order valence-electron chi connectivity index (χ2n) is 11.2. The molecule has 9 nitrogen and oxygen atoms in total. The minimum Gasteiger partial charge on any atom is -0.467 e. The molecular weight excluding hydrogens is 468 g/mol. The fourth-order valence-corrected chi connectivity index (χ4v) is 6.56. The highest BCUT2D eigenvalue weighted by molar-refractivity contribution is 5.91. The van der Waals surface area contributed by atoms with Crippen LogP contribution in [0.2, 0.25) is 0 Å². The first-order chi connectivity index (χ1) is 17.8. The van der Waals surface area contributed by atoms with E-state index in [1.165, 1.54) is 31.9 Å². The molecule has 37 heavy (non-hydrogen) atoms. The molecular formula is C28H40N6O3. The summed E-state index contributed by atoms with van der Waals surface area (Å²) in [5, 5.41) is 14.3. The number of anilines is 1. The lowest BCUT2D eigenvalue weighted by Crippen LogP contribution is -2.57. The third-order valence-corrected chi connectivity index (χ3v) is 9.00. The Morgan fingerprint density at radius 2 is 1.89 bits per heavy atom. The first-order valence-corrected chi connectivity index (χ1v) is 13.4. The lowest BCUT2D eigenvalue weighted by molar-refractivity contribution is -0.126. The summed E-state index contributed by atoms with van der Waals surface area (Å²) in [5.41, 5.74) is 1.20. The number of nitrogens with zero attached hydrogens (tertiary/aromatic N) is 5. The summed E-state index contributed by atoms with van der Waals surface area (Å²) in [6.45, 7) is 1.68. The largest absolute Gasteiger partial charge is 0.467 e. The Bertz CT molecular complexity index is 1070. The summed E-state index contributed by atoms with van der Waals surface area (Å²) in [7, 11) is 5.85. The Hall–Kier alpha value is -2.59. The van der Waals surface area contributed by atoms with Gasteiger partial charge < -0.3 is 15.2 Å². The molecule has 1 spiro atoms. The number of amides is 1. The van der Waals surface area contributed by atoms with Gasteiger partial charge in [-0.05, 0) is 70.2 Å². The SMILES string of the molecule is COc1nccc(NC(=O)CN2CC3(CCC(c4ccccc4)(N(C)C)CC3)N(CC3CCC3)C2O)n1. The van der Waals surface area contributed by atoms with Gasteiger partial charge in [-0.15, -0.1) is 0 Å². The van der Waals surface area contributed by atoms with Crippen molar-refractivity contribution in [1.82, 2.24) is 24.7 Å². The molecule has 2 aromatic rings. The van der Waals surface area contributed by atoms with Crippen molar-refractivity contribution < 1.29 is 14.6 Å². The van der Waals surface area contributed by atoms with Gasteiger partial charge >= 0.3 is 6.01 Å². The lowest BCUT2D eigenvalue weighted by Gasteiger charge is -2.52. The number of nitrogens with one attached hydrogen (secondary N) is 1. The van der Waals surface area contributed by atoms with Gasteiger partial charge in [0.05, 0.1) is 13.7 Å². The second kappa shape index (κ2) is 10.6. The van der Waals surface area contributed by atoms with Crippen LogP contribution in [0.15, 0.2) is 42.6 Å². The third-order valence-electron chi connectivity index (χ3n) is 9.00. The highest BCUT2D eigenvalue weighted by Crippen LogP contribution is 2.50. The molecule has 1 saturated heterocycles. The van der Waals surface area contributed by atoms with E-state index in [0.29, 0.717) is 18.3 Å². The average Bonchev–Trinajstić information content (AvgIpc) is 3.12. The maximum absolute atomic E-state index is 13.0. The number of hydrogen-bond donors (Lipinski definition) is 2. The van der Waals surface area contributed by atoms with E-state index in [1.54, 1.807) is 12.3 Å². The molecule has 1 aromatic heterocycles. The Kier molecular flexibility index (Phi) is 7.49. The molecule has 1 aliphatic heterocycles. The number of carbonyl (C=O) groups is 1. The summed E-state index contributed by atoms with van der Waals surface area (Å²) in [6.07, 6.45) is 8.48. The number of ether oxygens (including phenoxy) is 1. The van der Waals surface area contributed by atoms with Crippen molar-refractivity contribution in [1.29, 1.82) is 0 Å². The second-order valence-corrected chi connectivity index (χ2v) is 11.2. The Morgan fingerprint density at radius 3 is 2.51 bits per heavy atom. The van der Waals surface area contributed by atoms with Crippen molar-refractivity contribution in [3.05, 3.63) is 48.2 Å². The molecule has 1 aromatic carbocycles. The molecule has 0 radical (unpaired) electrons. The standard InChI is InChI=1S/C28H40N6O3/c1-32(2)28(22-10-5-4-6-11-22)15-13-27(14-16-28)20-33(26(36)34(27)18-21-8-7-9-21)19-24(35)30-23-12-17-29-25(31-23)37-3/h4-6,10-12,17,21,26,36H,7-9,13-16,18-20H2,1-3H3,(H,29,30,31,35). The van der Waals surface area contributed by atoms with E-state index in [4.69, 9.17) is 4.74 Å². The monoisotopic (exact) mass is 508 g/mol. The Morgan fingerprint density at radius 1 is 1.16 bits per heavy atom. The van der Waals surface area contributed by atoms with Crippen molar-refractivity contribution in [2.45, 2.75) is 62.4 Å². The third kappa shape index (κ3) is 5.10. The lowest BCUT2D eigenvalue weighted by atomic mass is 9.68. The molecule has 3 aliphatic rings. The van der Waals surface area contributed by atoms with E-state index in [1.807, 2.05) is 4.90 Å². The average molecular weight is 509 g/mol. The molecule has 2 N–H and O–H groups in total. The summed E-state index contributed by atoms with van der Waals surface area (Å²) in [5.74, 6) is 0.814. The number of rotatable bonds is 8. The number of benzene rings is 1. The molecule has 9 heteroatoms. The molecule has 1 atom stereocenters. The number of hydrogen-bond acceptors (Lipinski definition) is 8. The molecule has 2 saturated carbocycles. The quantitative estimate of drug-likeness (QED) is 0.562. The van der Waals surface area contributed by atoms with Gasteiger partial charge in [0.2, 0.25) is 5.91 Å². The van der Waals surface area contributed by atoms with E-state index in [-0.39, 0.29) is 29.5 Å². The van der Waals surface area contributed by atoms with Gasteiger partial charge in [0.25, 0.3) is 0 Å². The van der Waals surface area contributed by atoms with E-state index >= 15 is 0 Å².